The number of carbonyl (C=O) groups excluding carboxylic acids is 1. The number of carbonyl (C=O) groups is 1. The van der Waals surface area contributed by atoms with Gasteiger partial charge in [0.2, 0.25) is 0 Å². The molecule has 0 spiro atoms. The van der Waals surface area contributed by atoms with Gasteiger partial charge in [0.1, 0.15) is 6.61 Å². The Morgan fingerprint density at radius 3 is 2.46 bits per heavy atom. The number of ether oxygens (including phenoxy) is 1. The number of esters is 1. The first-order chi connectivity index (χ1) is 6.24. The molecule has 0 saturated heterocycles. The molecule has 0 amide bonds. The number of hydrogen-bond donors (Lipinski definition) is 1. The van der Waals surface area contributed by atoms with E-state index in [0.717, 1.165) is 19.3 Å². The molecule has 0 unspecified atom stereocenters. The fourth-order valence-electron chi connectivity index (χ4n) is 1.25. The van der Waals surface area contributed by atoms with Gasteiger partial charge in [-0.05, 0) is 12.3 Å². The van der Waals surface area contributed by atoms with E-state index in [1.165, 1.54) is 0 Å². The molecular formula is C10H20O3. The van der Waals surface area contributed by atoms with Crippen LogP contribution in [0.2, 0.25) is 0 Å². The van der Waals surface area contributed by atoms with Gasteiger partial charge in [0, 0.05) is 6.42 Å². The number of rotatable bonds is 7. The minimum absolute atomic E-state index is 0.0866. The zero-order valence-electron chi connectivity index (χ0n) is 8.58. The Morgan fingerprint density at radius 1 is 1.38 bits per heavy atom. The SMILES string of the molecule is CCC(CC)CCC(=O)OCCO. The van der Waals surface area contributed by atoms with Crippen LogP contribution in [0.4, 0.5) is 0 Å². The Balaban J connectivity index is 3.44. The molecule has 0 saturated carbocycles. The summed E-state index contributed by atoms with van der Waals surface area (Å²) in [6.45, 7) is 4.30. The van der Waals surface area contributed by atoms with Crippen molar-refractivity contribution in [3.8, 4) is 0 Å². The Morgan fingerprint density at radius 2 is 2.00 bits per heavy atom. The van der Waals surface area contributed by atoms with Crippen LogP contribution in [0.3, 0.4) is 0 Å². The molecule has 0 bridgehead atoms. The molecule has 0 rings (SSSR count). The second-order valence-corrected chi connectivity index (χ2v) is 3.17. The Labute approximate surface area is 80.1 Å². The second kappa shape index (κ2) is 8.05. The fourth-order valence-corrected chi connectivity index (χ4v) is 1.25. The van der Waals surface area contributed by atoms with Crippen LogP contribution in [0.15, 0.2) is 0 Å². The Kier molecular flexibility index (Phi) is 7.69. The molecule has 0 aromatic carbocycles. The van der Waals surface area contributed by atoms with E-state index in [0.29, 0.717) is 12.3 Å². The minimum atomic E-state index is -0.194. The second-order valence-electron chi connectivity index (χ2n) is 3.17. The predicted octanol–water partition coefficient (Wildman–Crippen LogP) is 1.74. The third-order valence-electron chi connectivity index (χ3n) is 2.27. The van der Waals surface area contributed by atoms with Crippen molar-refractivity contribution in [2.24, 2.45) is 5.92 Å². The predicted molar refractivity (Wildman–Crippen MR) is 51.4 cm³/mol. The minimum Gasteiger partial charge on any atom is -0.463 e. The molecule has 13 heavy (non-hydrogen) atoms. The van der Waals surface area contributed by atoms with Gasteiger partial charge >= 0.3 is 5.97 Å². The van der Waals surface area contributed by atoms with Crippen LogP contribution in [0, 0.1) is 5.92 Å². The van der Waals surface area contributed by atoms with Crippen LogP contribution in [0.1, 0.15) is 39.5 Å². The molecule has 3 nitrogen and oxygen atoms in total. The third-order valence-corrected chi connectivity index (χ3v) is 2.27. The molecule has 0 radical (unpaired) electrons. The van der Waals surface area contributed by atoms with Crippen LogP contribution in [0.5, 0.6) is 0 Å². The van der Waals surface area contributed by atoms with Crippen molar-refractivity contribution < 1.29 is 14.6 Å². The molecule has 0 aliphatic heterocycles. The first-order valence-corrected chi connectivity index (χ1v) is 5.01. The van der Waals surface area contributed by atoms with E-state index in [2.05, 4.69) is 13.8 Å². The maximum atomic E-state index is 11.0. The molecule has 0 atom stereocenters. The van der Waals surface area contributed by atoms with E-state index < -0.39 is 0 Å². The molecule has 0 aromatic heterocycles. The number of aliphatic hydroxyl groups is 1. The average Bonchev–Trinajstić information content (AvgIpc) is 2.16. The van der Waals surface area contributed by atoms with Crippen molar-refractivity contribution in [2.75, 3.05) is 13.2 Å². The van der Waals surface area contributed by atoms with Gasteiger partial charge in [-0.1, -0.05) is 26.7 Å². The lowest BCUT2D eigenvalue weighted by atomic mass is 9.98. The van der Waals surface area contributed by atoms with Crippen molar-refractivity contribution in [1.29, 1.82) is 0 Å². The highest BCUT2D eigenvalue weighted by molar-refractivity contribution is 5.69. The highest BCUT2D eigenvalue weighted by Crippen LogP contribution is 2.14. The van der Waals surface area contributed by atoms with Crippen LogP contribution < -0.4 is 0 Å². The number of aliphatic hydroxyl groups excluding tert-OH is 1. The molecule has 0 fully saturated rings. The summed E-state index contributed by atoms with van der Waals surface area (Å²) < 4.78 is 4.74. The van der Waals surface area contributed by atoms with Gasteiger partial charge in [-0.15, -0.1) is 0 Å². The molecular weight excluding hydrogens is 168 g/mol. The lowest BCUT2D eigenvalue weighted by Crippen LogP contribution is -2.10. The van der Waals surface area contributed by atoms with E-state index in [1.54, 1.807) is 0 Å². The summed E-state index contributed by atoms with van der Waals surface area (Å²) in [4.78, 5) is 11.0. The van der Waals surface area contributed by atoms with Crippen LogP contribution in [0.25, 0.3) is 0 Å². The molecule has 78 valence electrons. The van der Waals surface area contributed by atoms with Gasteiger partial charge in [-0.3, -0.25) is 4.79 Å². The van der Waals surface area contributed by atoms with E-state index in [9.17, 15) is 4.79 Å². The molecule has 3 heteroatoms. The van der Waals surface area contributed by atoms with Gasteiger partial charge in [0.05, 0.1) is 6.61 Å². The first-order valence-electron chi connectivity index (χ1n) is 5.01. The van der Waals surface area contributed by atoms with Crippen LogP contribution in [-0.2, 0) is 9.53 Å². The summed E-state index contributed by atoms with van der Waals surface area (Å²) in [5, 5.41) is 8.41. The quantitative estimate of drug-likeness (QED) is 0.619. The van der Waals surface area contributed by atoms with Crippen molar-refractivity contribution >= 4 is 5.97 Å². The summed E-state index contributed by atoms with van der Waals surface area (Å²) in [6, 6.07) is 0. The molecule has 0 aliphatic rings. The topological polar surface area (TPSA) is 46.5 Å². The van der Waals surface area contributed by atoms with E-state index in [1.807, 2.05) is 0 Å². The summed E-state index contributed by atoms with van der Waals surface area (Å²) in [5.41, 5.74) is 0. The maximum Gasteiger partial charge on any atom is 0.305 e. The van der Waals surface area contributed by atoms with Crippen molar-refractivity contribution in [3.63, 3.8) is 0 Å². The largest absolute Gasteiger partial charge is 0.463 e. The normalized spacial score (nSPS) is 10.5. The van der Waals surface area contributed by atoms with E-state index in [4.69, 9.17) is 9.84 Å². The van der Waals surface area contributed by atoms with Gasteiger partial charge in [-0.2, -0.15) is 0 Å². The zero-order valence-corrected chi connectivity index (χ0v) is 8.58. The third kappa shape index (κ3) is 6.58. The standard InChI is InChI=1S/C10H20O3/c1-3-9(4-2)5-6-10(12)13-8-7-11/h9,11H,3-8H2,1-2H3. The maximum absolute atomic E-state index is 11.0. The van der Waals surface area contributed by atoms with Crippen LogP contribution >= 0.6 is 0 Å². The Bertz CT molecular complexity index is 130. The van der Waals surface area contributed by atoms with Gasteiger partial charge in [-0.25, -0.2) is 0 Å². The fraction of sp³-hybridized carbons (Fsp3) is 0.900. The summed E-state index contributed by atoms with van der Waals surface area (Å²) >= 11 is 0. The van der Waals surface area contributed by atoms with E-state index >= 15 is 0 Å². The van der Waals surface area contributed by atoms with Gasteiger partial charge in [0.15, 0.2) is 0 Å². The molecule has 1 N–H and O–H groups in total. The van der Waals surface area contributed by atoms with Gasteiger partial charge in [0.25, 0.3) is 0 Å². The average molecular weight is 188 g/mol. The zero-order chi connectivity index (χ0) is 10.1. The highest BCUT2D eigenvalue weighted by atomic mass is 16.5. The first kappa shape index (κ1) is 12.4. The highest BCUT2D eigenvalue weighted by Gasteiger charge is 2.07. The molecule has 0 aliphatic carbocycles. The molecule has 0 aromatic rings. The smallest absolute Gasteiger partial charge is 0.305 e. The van der Waals surface area contributed by atoms with Crippen molar-refractivity contribution in [2.45, 2.75) is 39.5 Å². The summed E-state index contributed by atoms with van der Waals surface area (Å²) in [6.07, 6.45) is 3.61. The molecule has 0 heterocycles. The van der Waals surface area contributed by atoms with Crippen molar-refractivity contribution in [3.05, 3.63) is 0 Å². The van der Waals surface area contributed by atoms with Crippen molar-refractivity contribution in [1.82, 2.24) is 0 Å². The lowest BCUT2D eigenvalue weighted by Gasteiger charge is -2.10. The van der Waals surface area contributed by atoms with E-state index in [-0.39, 0.29) is 19.2 Å². The summed E-state index contributed by atoms with van der Waals surface area (Å²) in [5.74, 6) is 0.433. The monoisotopic (exact) mass is 188 g/mol. The van der Waals surface area contributed by atoms with Gasteiger partial charge < -0.3 is 9.84 Å². The summed E-state index contributed by atoms with van der Waals surface area (Å²) in [7, 11) is 0. The Hall–Kier alpha value is -0.570. The van der Waals surface area contributed by atoms with Crippen LogP contribution in [-0.4, -0.2) is 24.3 Å². The number of hydrogen-bond acceptors (Lipinski definition) is 3. The lowest BCUT2D eigenvalue weighted by molar-refractivity contribution is -0.145.